The Kier molecular flexibility index (Phi) is 18.7. The number of Topliss-reactive ketones (excluding diaryl/α,β-unsaturated/α-hetero) is 2. The molecule has 19 heteroatoms. The lowest BCUT2D eigenvalue weighted by molar-refractivity contribution is -0.135. The van der Waals surface area contributed by atoms with Crippen molar-refractivity contribution in [2.24, 2.45) is 21.5 Å². The molecule has 0 spiro atoms. The normalized spacial score (nSPS) is 23.1. The maximum atomic E-state index is 14.5. The van der Waals surface area contributed by atoms with Crippen LogP contribution < -0.4 is 43.4 Å². The number of rotatable bonds is 12. The molecule has 0 unspecified atom stereocenters. The van der Waals surface area contributed by atoms with E-state index in [9.17, 15) is 38.4 Å². The van der Waals surface area contributed by atoms with Crippen molar-refractivity contribution in [1.29, 1.82) is 0 Å². The zero-order chi connectivity index (χ0) is 47.6. The molecule has 0 bridgehead atoms. The molecule has 2 aromatic carbocycles. The number of benzene rings is 2. The van der Waals surface area contributed by atoms with Crippen LogP contribution in [0.25, 0.3) is 10.9 Å². The van der Waals surface area contributed by atoms with E-state index in [0.717, 1.165) is 10.9 Å². The predicted molar refractivity (Wildman–Crippen MR) is 249 cm³/mol. The van der Waals surface area contributed by atoms with Crippen LogP contribution in [0.2, 0.25) is 0 Å². The zero-order valence-electron chi connectivity index (χ0n) is 37.4. The molecule has 19 nitrogen and oxygen atoms in total. The highest BCUT2D eigenvalue weighted by atomic mass is 16.2. The van der Waals surface area contributed by atoms with Gasteiger partial charge in [-0.05, 0) is 56.2 Å². The number of nitrogens with zero attached hydrogens (tertiary/aromatic N) is 2. The largest absolute Gasteiger partial charge is 0.370 e. The molecule has 0 aliphatic carbocycles. The minimum absolute atomic E-state index is 0.000243. The Morgan fingerprint density at radius 2 is 1.36 bits per heavy atom. The number of para-hydroxylation sites is 1. The Bertz CT molecular complexity index is 2320. The third kappa shape index (κ3) is 15.5. The first-order valence-electron chi connectivity index (χ1n) is 22.3. The van der Waals surface area contributed by atoms with Crippen LogP contribution in [0.4, 0.5) is 0 Å². The van der Waals surface area contributed by atoms with Gasteiger partial charge >= 0.3 is 0 Å². The van der Waals surface area contributed by atoms with Crippen molar-refractivity contribution >= 4 is 70.1 Å². The second kappa shape index (κ2) is 24.8. The molecule has 3 heterocycles. The number of H-pyrrole nitrogens is 1. The number of hydrogen-bond donors (Lipinski definition) is 9. The van der Waals surface area contributed by atoms with Crippen molar-refractivity contribution in [2.75, 3.05) is 6.54 Å². The van der Waals surface area contributed by atoms with Crippen LogP contribution in [0.1, 0.15) is 89.2 Å². The highest BCUT2D eigenvalue weighted by Crippen LogP contribution is 2.20. The highest BCUT2D eigenvalue weighted by molar-refractivity contribution is 5.98. The number of guanidine groups is 1. The highest BCUT2D eigenvalue weighted by Gasteiger charge is 2.34. The maximum absolute atomic E-state index is 14.5. The summed E-state index contributed by atoms with van der Waals surface area (Å²) in [5, 5.41) is 17.4. The molecule has 2 aliphatic heterocycles. The summed E-state index contributed by atoms with van der Waals surface area (Å²) in [6.45, 7) is 2.67. The summed E-state index contributed by atoms with van der Waals surface area (Å²) < 4.78 is 0. The van der Waals surface area contributed by atoms with Gasteiger partial charge < -0.3 is 48.4 Å². The van der Waals surface area contributed by atoms with Crippen LogP contribution >= 0.6 is 0 Å². The number of allylic oxidation sites excluding steroid dienone is 1. The number of hydrogen-bond acceptors (Lipinski definition) is 10. The lowest BCUT2D eigenvalue weighted by Gasteiger charge is -2.28. The van der Waals surface area contributed by atoms with Gasteiger partial charge in [-0.2, -0.15) is 0 Å². The zero-order valence-corrected chi connectivity index (χ0v) is 37.4. The van der Waals surface area contributed by atoms with E-state index in [1.165, 1.54) is 13.8 Å². The molecule has 11 N–H and O–H groups in total. The number of aliphatic imine (C=N–C) groups is 2. The Labute approximate surface area is 383 Å². The van der Waals surface area contributed by atoms with Gasteiger partial charge in [0.2, 0.25) is 35.4 Å². The first-order chi connectivity index (χ1) is 31.7. The van der Waals surface area contributed by atoms with Gasteiger partial charge in [0.15, 0.2) is 11.7 Å². The topological polar surface area (TPSA) is 301 Å². The van der Waals surface area contributed by atoms with Gasteiger partial charge in [0.05, 0.1) is 6.04 Å². The van der Waals surface area contributed by atoms with Gasteiger partial charge in [0, 0.05) is 81.0 Å². The first-order valence-corrected chi connectivity index (χ1v) is 22.3. The number of carbonyl (C=O) groups is 8. The fourth-order valence-electron chi connectivity index (χ4n) is 7.88. The SMILES string of the molecule is CC(=O)N[C@H]1CCCCC(=O)CC[C@@H](C(C)=O)NC(=O)[C@H](Cc2c[nH]c3ccccc23)NC(=O)[C@H](CCCN=C(N)N)NC(=O)[C@@H](Cc2ccccc2)NC(=O)[C@H](CC2=CCC=N2)NC1=O. The molecule has 0 radical (unpaired) electrons. The standard InChI is InChI=1S/C47H61N11O8/c1-28(59)35-21-20-33(61)15-6-8-18-37(53-29(2)60)42(62)58-41(26-32-14-10-22-50-32)46(66)56-39(24-30-12-4-3-5-13-30)44(64)55-38(19-11-23-51-47(48)49)43(63)57-40(45(65)54-35)25-31-27-52-36-17-9-7-16-34(31)36/h3-5,7,9,12-14,16-17,22,27,35,37-41,52H,6,8,10-11,15,18-21,23-26H2,1-2H3,(H,53,60)(H,54,65)(H,55,64)(H,56,66)(H,57,63)(H,58,62)(H4,48,49,51)/t35-,37-,38-,39+,40-,41-/m0/s1. The Morgan fingerprint density at radius 3 is 2.05 bits per heavy atom. The Morgan fingerprint density at radius 1 is 0.727 bits per heavy atom. The molecular formula is C47H61N11O8. The van der Waals surface area contributed by atoms with Crippen molar-refractivity contribution < 1.29 is 38.4 Å². The molecule has 6 atom stereocenters. The van der Waals surface area contributed by atoms with Crippen LogP contribution in [0, 0.1) is 0 Å². The number of nitrogens with two attached hydrogens (primary N) is 2. The fraction of sp³-hybridized carbons (Fsp3) is 0.447. The van der Waals surface area contributed by atoms with Crippen LogP contribution in [0.15, 0.2) is 82.6 Å². The minimum atomic E-state index is -1.30. The van der Waals surface area contributed by atoms with Gasteiger partial charge in [-0.25, -0.2) is 0 Å². The summed E-state index contributed by atoms with van der Waals surface area (Å²) in [6.07, 6.45) is 6.77. The first kappa shape index (κ1) is 49.8. The molecule has 66 heavy (non-hydrogen) atoms. The van der Waals surface area contributed by atoms with Gasteiger partial charge in [-0.3, -0.25) is 48.3 Å². The van der Waals surface area contributed by atoms with E-state index in [0.29, 0.717) is 36.1 Å². The number of amides is 6. The van der Waals surface area contributed by atoms with Crippen molar-refractivity contribution in [2.45, 2.75) is 127 Å². The summed E-state index contributed by atoms with van der Waals surface area (Å²) >= 11 is 0. The van der Waals surface area contributed by atoms with Gasteiger partial charge in [-0.1, -0.05) is 61.0 Å². The van der Waals surface area contributed by atoms with Crippen LogP contribution in [0.5, 0.6) is 0 Å². The average Bonchev–Trinajstić information content (AvgIpc) is 3.96. The van der Waals surface area contributed by atoms with Crippen LogP contribution in [-0.4, -0.2) is 107 Å². The number of nitrogens with one attached hydrogen (secondary N) is 7. The lowest BCUT2D eigenvalue weighted by atomic mass is 9.99. The summed E-state index contributed by atoms with van der Waals surface area (Å²) in [5.41, 5.74) is 13.8. The number of aromatic amines is 1. The molecule has 6 amide bonds. The third-order valence-corrected chi connectivity index (χ3v) is 11.4. The van der Waals surface area contributed by atoms with Crippen LogP contribution in [-0.2, 0) is 51.2 Å². The number of fused-ring (bicyclic) bond motifs is 1. The summed E-state index contributed by atoms with van der Waals surface area (Å²) in [4.78, 5) is 121. The minimum Gasteiger partial charge on any atom is -0.370 e. The monoisotopic (exact) mass is 907 g/mol. The van der Waals surface area contributed by atoms with E-state index in [2.05, 4.69) is 46.9 Å². The van der Waals surface area contributed by atoms with Crippen molar-refractivity contribution in [3.8, 4) is 0 Å². The van der Waals surface area contributed by atoms with E-state index in [4.69, 9.17) is 11.5 Å². The Balaban J connectivity index is 1.53. The summed E-state index contributed by atoms with van der Waals surface area (Å²) in [6, 6.07) is 9.08. The van der Waals surface area contributed by atoms with Crippen molar-refractivity contribution in [3.05, 3.63) is 83.7 Å². The third-order valence-electron chi connectivity index (χ3n) is 11.4. The second-order valence-electron chi connectivity index (χ2n) is 16.6. The smallest absolute Gasteiger partial charge is 0.243 e. The lowest BCUT2D eigenvalue weighted by Crippen LogP contribution is -2.60. The Hall–Kier alpha value is -7.18. The fourth-order valence-corrected chi connectivity index (χ4v) is 7.88. The number of carbonyl (C=O) groups excluding carboxylic acids is 8. The van der Waals surface area contributed by atoms with E-state index in [1.54, 1.807) is 48.8 Å². The number of aromatic nitrogens is 1. The molecule has 2 aliphatic rings. The maximum Gasteiger partial charge on any atom is 0.243 e. The molecule has 352 valence electrons. The molecule has 3 aromatic rings. The van der Waals surface area contributed by atoms with Crippen molar-refractivity contribution in [1.82, 2.24) is 36.9 Å². The quantitative estimate of drug-likeness (QED) is 0.0711. The molecule has 1 saturated heterocycles. The van der Waals surface area contributed by atoms with E-state index >= 15 is 0 Å². The van der Waals surface area contributed by atoms with E-state index in [1.807, 2.05) is 24.3 Å². The second-order valence-corrected chi connectivity index (χ2v) is 16.6. The van der Waals surface area contributed by atoms with Crippen LogP contribution in [0.3, 0.4) is 0 Å². The van der Waals surface area contributed by atoms with Gasteiger partial charge in [0.25, 0.3) is 0 Å². The molecular weight excluding hydrogens is 847 g/mol. The molecule has 1 aromatic heterocycles. The molecule has 1 fully saturated rings. The summed E-state index contributed by atoms with van der Waals surface area (Å²) in [5.74, 6) is -4.78. The van der Waals surface area contributed by atoms with Gasteiger partial charge in [0.1, 0.15) is 36.0 Å². The van der Waals surface area contributed by atoms with E-state index < -0.39 is 77.5 Å². The van der Waals surface area contributed by atoms with Gasteiger partial charge in [-0.15, -0.1) is 0 Å². The molecule has 5 rings (SSSR count). The number of ketones is 2. The van der Waals surface area contributed by atoms with Crippen molar-refractivity contribution in [3.63, 3.8) is 0 Å². The summed E-state index contributed by atoms with van der Waals surface area (Å²) in [7, 11) is 0. The average molecular weight is 908 g/mol. The van der Waals surface area contributed by atoms with E-state index in [-0.39, 0.29) is 76.1 Å². The predicted octanol–water partition coefficient (Wildman–Crippen LogP) is 1.20. The molecule has 0 saturated carbocycles.